The summed E-state index contributed by atoms with van der Waals surface area (Å²) in [6.45, 7) is 6.12. The molecule has 0 fully saturated rings. The minimum atomic E-state index is -0.324. The topological polar surface area (TPSA) is 79.0 Å². The number of allylic oxidation sites excluding steroid dienone is 1. The average molecular weight is 335 g/mol. The highest BCUT2D eigenvalue weighted by Crippen LogP contribution is 2.32. The molecular weight excluding hydrogens is 314 g/mol. The number of hydrogen-bond donors (Lipinski definition) is 2. The van der Waals surface area contributed by atoms with E-state index >= 15 is 0 Å². The van der Waals surface area contributed by atoms with Crippen LogP contribution in [0.25, 0.3) is 16.6 Å². The van der Waals surface area contributed by atoms with Gasteiger partial charge < -0.3 is 9.72 Å². The maximum atomic E-state index is 6.13. The Morgan fingerprint density at radius 3 is 2.88 bits per heavy atom. The van der Waals surface area contributed by atoms with Crippen molar-refractivity contribution in [1.29, 1.82) is 0 Å². The first-order valence-electron chi connectivity index (χ1n) is 8.36. The molecule has 3 aromatic heterocycles. The Kier molecular flexibility index (Phi) is 3.77. The molecular formula is C19H21N5O. The van der Waals surface area contributed by atoms with Crippen LogP contribution in [0.15, 0.2) is 48.0 Å². The molecule has 4 heterocycles. The number of nitrogens with one attached hydrogen (secondary N) is 2. The normalized spacial score (nSPS) is 18.3. The summed E-state index contributed by atoms with van der Waals surface area (Å²) < 4.78 is 6.13. The third-order valence-electron chi connectivity index (χ3n) is 4.09. The lowest BCUT2D eigenvalue weighted by molar-refractivity contribution is -0.0340. The first-order chi connectivity index (χ1) is 12.0. The summed E-state index contributed by atoms with van der Waals surface area (Å²) in [5.41, 5.74) is 4.89. The third kappa shape index (κ3) is 3.25. The second-order valence-corrected chi connectivity index (χ2v) is 7.15. The summed E-state index contributed by atoms with van der Waals surface area (Å²) >= 11 is 0. The molecule has 1 aliphatic heterocycles. The number of aliphatic imine (C=N–C) groups is 1. The van der Waals surface area contributed by atoms with Gasteiger partial charge in [0.1, 0.15) is 5.65 Å². The van der Waals surface area contributed by atoms with E-state index in [1.54, 1.807) is 12.4 Å². The number of aromatic amines is 2. The Hall–Kier alpha value is -2.73. The number of rotatable bonds is 3. The van der Waals surface area contributed by atoms with Gasteiger partial charge in [-0.2, -0.15) is 5.10 Å². The molecule has 6 heteroatoms. The van der Waals surface area contributed by atoms with Crippen molar-refractivity contribution in [2.45, 2.75) is 39.0 Å². The Balaban J connectivity index is 1.76. The molecule has 0 aromatic carbocycles. The van der Waals surface area contributed by atoms with Gasteiger partial charge in [-0.1, -0.05) is 0 Å². The summed E-state index contributed by atoms with van der Waals surface area (Å²) in [6.07, 6.45) is 9.97. The zero-order valence-electron chi connectivity index (χ0n) is 14.6. The van der Waals surface area contributed by atoms with Gasteiger partial charge in [0.15, 0.2) is 6.23 Å². The van der Waals surface area contributed by atoms with Crippen molar-refractivity contribution in [2.75, 3.05) is 0 Å². The highest BCUT2D eigenvalue weighted by molar-refractivity contribution is 6.08. The van der Waals surface area contributed by atoms with Crippen LogP contribution >= 0.6 is 0 Å². The zero-order valence-corrected chi connectivity index (χ0v) is 14.6. The molecule has 3 aromatic rings. The molecule has 1 atom stereocenters. The highest BCUT2D eigenvalue weighted by atomic mass is 16.5. The Bertz CT molecular complexity index is 944. The van der Waals surface area contributed by atoms with E-state index in [0.717, 1.165) is 34.3 Å². The SMILES string of the molecule is CC(C)(C)OC1C=C(c2c[nH]c3ncccc23)CC(c2cn[nH]c2)=N1. The first kappa shape index (κ1) is 15.8. The molecule has 1 aliphatic rings. The van der Waals surface area contributed by atoms with Gasteiger partial charge in [0.05, 0.1) is 17.5 Å². The fourth-order valence-corrected chi connectivity index (χ4v) is 3.06. The van der Waals surface area contributed by atoms with Gasteiger partial charge in [0, 0.05) is 41.5 Å². The maximum absolute atomic E-state index is 6.13. The van der Waals surface area contributed by atoms with E-state index in [2.05, 4.69) is 32.3 Å². The number of aromatic nitrogens is 4. The number of dihydropyridines is 1. The van der Waals surface area contributed by atoms with Crippen molar-refractivity contribution in [1.82, 2.24) is 20.2 Å². The number of ether oxygens (including phenoxy) is 1. The molecule has 1 unspecified atom stereocenters. The van der Waals surface area contributed by atoms with Crippen molar-refractivity contribution >= 4 is 22.3 Å². The van der Waals surface area contributed by atoms with Crippen LogP contribution in [-0.2, 0) is 4.74 Å². The van der Waals surface area contributed by atoms with Crippen LogP contribution in [0.1, 0.15) is 38.3 Å². The predicted octanol–water partition coefficient (Wildman–Crippen LogP) is 3.70. The second-order valence-electron chi connectivity index (χ2n) is 7.15. The number of nitrogens with zero attached hydrogens (tertiary/aromatic N) is 3. The lowest BCUT2D eigenvalue weighted by Gasteiger charge is -2.27. The Morgan fingerprint density at radius 1 is 1.24 bits per heavy atom. The van der Waals surface area contributed by atoms with Crippen LogP contribution < -0.4 is 0 Å². The third-order valence-corrected chi connectivity index (χ3v) is 4.09. The van der Waals surface area contributed by atoms with Crippen LogP contribution in [0.5, 0.6) is 0 Å². The molecule has 0 saturated heterocycles. The monoisotopic (exact) mass is 335 g/mol. The number of fused-ring (bicyclic) bond motifs is 1. The summed E-state index contributed by atoms with van der Waals surface area (Å²) in [7, 11) is 0. The van der Waals surface area contributed by atoms with E-state index in [4.69, 9.17) is 9.73 Å². The van der Waals surface area contributed by atoms with E-state index in [9.17, 15) is 0 Å². The lowest BCUT2D eigenvalue weighted by Crippen LogP contribution is -2.28. The Morgan fingerprint density at radius 2 is 2.12 bits per heavy atom. The van der Waals surface area contributed by atoms with Gasteiger partial charge in [-0.3, -0.25) is 10.1 Å². The van der Waals surface area contributed by atoms with Crippen LogP contribution in [0.3, 0.4) is 0 Å². The van der Waals surface area contributed by atoms with E-state index in [1.165, 1.54) is 5.57 Å². The quantitative estimate of drug-likeness (QED) is 0.766. The van der Waals surface area contributed by atoms with E-state index in [0.29, 0.717) is 0 Å². The molecule has 0 saturated carbocycles. The largest absolute Gasteiger partial charge is 0.347 e. The minimum absolute atomic E-state index is 0.281. The van der Waals surface area contributed by atoms with Crippen molar-refractivity contribution in [3.8, 4) is 0 Å². The molecule has 0 aliphatic carbocycles. The number of H-pyrrole nitrogens is 2. The van der Waals surface area contributed by atoms with Crippen LogP contribution in [0.2, 0.25) is 0 Å². The van der Waals surface area contributed by atoms with Gasteiger partial charge >= 0.3 is 0 Å². The van der Waals surface area contributed by atoms with Crippen LogP contribution in [0, 0.1) is 0 Å². The van der Waals surface area contributed by atoms with Gasteiger partial charge in [-0.15, -0.1) is 0 Å². The fourth-order valence-electron chi connectivity index (χ4n) is 3.06. The number of pyridine rings is 1. The molecule has 2 N–H and O–H groups in total. The molecule has 6 nitrogen and oxygen atoms in total. The summed E-state index contributed by atoms with van der Waals surface area (Å²) in [5.74, 6) is 0. The minimum Gasteiger partial charge on any atom is -0.347 e. The fraction of sp³-hybridized carbons (Fsp3) is 0.316. The summed E-state index contributed by atoms with van der Waals surface area (Å²) in [6, 6.07) is 4.04. The lowest BCUT2D eigenvalue weighted by atomic mass is 9.95. The van der Waals surface area contributed by atoms with E-state index in [-0.39, 0.29) is 11.8 Å². The van der Waals surface area contributed by atoms with Gasteiger partial charge in [0.2, 0.25) is 0 Å². The summed E-state index contributed by atoms with van der Waals surface area (Å²) in [4.78, 5) is 12.4. The van der Waals surface area contributed by atoms with Crippen LogP contribution in [-0.4, -0.2) is 37.7 Å². The van der Waals surface area contributed by atoms with Crippen molar-refractivity contribution < 1.29 is 4.74 Å². The van der Waals surface area contributed by atoms with E-state index in [1.807, 2.05) is 39.2 Å². The molecule has 128 valence electrons. The highest BCUT2D eigenvalue weighted by Gasteiger charge is 2.24. The average Bonchev–Trinajstić information content (AvgIpc) is 3.23. The molecule has 0 spiro atoms. The maximum Gasteiger partial charge on any atom is 0.168 e. The van der Waals surface area contributed by atoms with Crippen molar-refractivity contribution in [2.24, 2.45) is 4.99 Å². The van der Waals surface area contributed by atoms with Gasteiger partial charge in [-0.05, 0) is 44.6 Å². The molecule has 4 rings (SSSR count). The second kappa shape index (κ2) is 5.97. The molecule has 0 radical (unpaired) electrons. The molecule has 0 amide bonds. The summed E-state index contributed by atoms with van der Waals surface area (Å²) in [5, 5.41) is 8.02. The first-order valence-corrected chi connectivity index (χ1v) is 8.36. The van der Waals surface area contributed by atoms with Crippen molar-refractivity contribution in [3.63, 3.8) is 0 Å². The Labute approximate surface area is 146 Å². The number of hydrogen-bond acceptors (Lipinski definition) is 4. The molecule has 0 bridgehead atoms. The van der Waals surface area contributed by atoms with Crippen molar-refractivity contribution in [3.05, 3.63) is 54.1 Å². The van der Waals surface area contributed by atoms with Gasteiger partial charge in [-0.25, -0.2) is 4.98 Å². The van der Waals surface area contributed by atoms with E-state index < -0.39 is 0 Å². The van der Waals surface area contributed by atoms with Gasteiger partial charge in [0.25, 0.3) is 0 Å². The zero-order chi connectivity index (χ0) is 17.4. The predicted molar refractivity (Wildman–Crippen MR) is 98.4 cm³/mol. The molecule has 25 heavy (non-hydrogen) atoms. The standard InChI is InChI=1S/C19H21N5O/c1-19(2,3)25-17-8-12(7-16(24-17)13-9-22-23-10-13)15-11-21-18-14(15)5-4-6-20-18/h4-6,8-11,17H,7H2,1-3H3,(H,20,21)(H,22,23). The van der Waals surface area contributed by atoms with Crippen LogP contribution in [0.4, 0.5) is 0 Å². The smallest absolute Gasteiger partial charge is 0.168 e.